The summed E-state index contributed by atoms with van der Waals surface area (Å²) in [4.78, 5) is 23.6. The van der Waals surface area contributed by atoms with E-state index in [1.165, 1.54) is 38.5 Å². The topological polar surface area (TPSA) is 72.8 Å². The molecule has 0 spiro atoms. The fourth-order valence-electron chi connectivity index (χ4n) is 5.09. The zero-order valence-electron chi connectivity index (χ0n) is 23.1. The highest BCUT2D eigenvalue weighted by atomic mass is 19.1. The summed E-state index contributed by atoms with van der Waals surface area (Å²) >= 11 is 0. The van der Waals surface area contributed by atoms with Gasteiger partial charge in [-0.25, -0.2) is 9.18 Å². The summed E-state index contributed by atoms with van der Waals surface area (Å²) in [6.45, 7) is 9.18. The lowest BCUT2D eigenvalue weighted by Gasteiger charge is -2.29. The second kappa shape index (κ2) is 16.6. The van der Waals surface area contributed by atoms with E-state index in [-0.39, 0.29) is 42.4 Å². The molecular formula is C31H47FO5. The quantitative estimate of drug-likeness (QED) is 0.146. The van der Waals surface area contributed by atoms with E-state index in [9.17, 15) is 9.59 Å². The van der Waals surface area contributed by atoms with Crippen molar-refractivity contribution in [2.24, 2.45) is 17.8 Å². The van der Waals surface area contributed by atoms with Crippen molar-refractivity contribution in [1.82, 2.24) is 0 Å². The van der Waals surface area contributed by atoms with Crippen molar-refractivity contribution < 1.29 is 28.6 Å². The molecule has 0 bridgehead atoms. The van der Waals surface area contributed by atoms with Crippen LogP contribution in [0, 0.1) is 23.6 Å². The standard InChI is InChI=1S/C31H47FO5/c1-5-6-7-8-24-9-11-26(12-10-24)27-13-14-28(29(32)20-27)19-25(15-17-36-30(34)22(2)3)16-18-37-31(35)23(4)21-33/h13-14,20,22,24-26,33H,4-12,15-19,21H2,1-3H3. The van der Waals surface area contributed by atoms with Crippen molar-refractivity contribution in [2.75, 3.05) is 19.8 Å². The van der Waals surface area contributed by atoms with Crippen LogP contribution in [0.1, 0.15) is 102 Å². The van der Waals surface area contributed by atoms with E-state index in [1.54, 1.807) is 19.9 Å². The van der Waals surface area contributed by atoms with Crippen LogP contribution in [0.2, 0.25) is 0 Å². The second-order valence-corrected chi connectivity index (χ2v) is 10.9. The zero-order chi connectivity index (χ0) is 27.2. The first kappa shape index (κ1) is 31.0. The van der Waals surface area contributed by atoms with Gasteiger partial charge < -0.3 is 14.6 Å². The van der Waals surface area contributed by atoms with E-state index in [0.717, 1.165) is 24.3 Å². The second-order valence-electron chi connectivity index (χ2n) is 10.9. The van der Waals surface area contributed by atoms with Gasteiger partial charge in [-0.1, -0.05) is 65.2 Å². The number of hydrogen-bond donors (Lipinski definition) is 1. The van der Waals surface area contributed by atoms with Crippen LogP contribution in [0.5, 0.6) is 0 Å². The molecular weight excluding hydrogens is 471 g/mol. The Balaban J connectivity index is 1.95. The number of rotatable bonds is 16. The summed E-state index contributed by atoms with van der Waals surface area (Å²) in [5.41, 5.74) is 1.72. The molecule has 1 aliphatic carbocycles. The minimum Gasteiger partial charge on any atom is -0.465 e. The van der Waals surface area contributed by atoms with Gasteiger partial charge in [-0.05, 0) is 79.9 Å². The highest BCUT2D eigenvalue weighted by Crippen LogP contribution is 2.38. The van der Waals surface area contributed by atoms with Gasteiger partial charge in [0.2, 0.25) is 0 Å². The van der Waals surface area contributed by atoms with E-state index in [1.807, 2.05) is 6.07 Å². The van der Waals surface area contributed by atoms with Gasteiger partial charge in [-0.3, -0.25) is 4.79 Å². The summed E-state index contributed by atoms with van der Waals surface area (Å²) in [6.07, 6.45) is 11.4. The fourth-order valence-corrected chi connectivity index (χ4v) is 5.09. The fraction of sp³-hybridized carbons (Fsp3) is 0.677. The number of benzene rings is 1. The van der Waals surface area contributed by atoms with Crippen molar-refractivity contribution in [2.45, 2.75) is 97.3 Å². The van der Waals surface area contributed by atoms with Crippen molar-refractivity contribution in [3.63, 3.8) is 0 Å². The first-order valence-corrected chi connectivity index (χ1v) is 14.2. The SMILES string of the molecule is C=C(CO)C(=O)OCCC(CCOC(=O)C(C)C)Cc1ccc(C2CCC(CCCCC)CC2)cc1F. The Kier molecular flexibility index (Phi) is 13.9. The Morgan fingerprint density at radius 3 is 2.35 bits per heavy atom. The van der Waals surface area contributed by atoms with Gasteiger partial charge in [0.1, 0.15) is 5.82 Å². The monoisotopic (exact) mass is 518 g/mol. The van der Waals surface area contributed by atoms with Crippen LogP contribution < -0.4 is 0 Å². The first-order valence-electron chi connectivity index (χ1n) is 14.2. The maximum Gasteiger partial charge on any atom is 0.335 e. The average molecular weight is 519 g/mol. The molecule has 2 rings (SSSR count). The van der Waals surface area contributed by atoms with Gasteiger partial charge in [0, 0.05) is 0 Å². The molecule has 1 unspecified atom stereocenters. The number of hydrogen-bond acceptors (Lipinski definition) is 5. The lowest BCUT2D eigenvalue weighted by molar-refractivity contribution is -0.147. The summed E-state index contributed by atoms with van der Waals surface area (Å²) in [5, 5.41) is 9.03. The summed E-state index contributed by atoms with van der Waals surface area (Å²) in [5.74, 6) is -0.0905. The van der Waals surface area contributed by atoms with Gasteiger partial charge in [0.25, 0.3) is 0 Å². The van der Waals surface area contributed by atoms with Crippen LogP contribution in [-0.2, 0) is 25.5 Å². The highest BCUT2D eigenvalue weighted by Gasteiger charge is 2.23. The molecule has 1 N–H and O–H groups in total. The van der Waals surface area contributed by atoms with Gasteiger partial charge in [-0.2, -0.15) is 0 Å². The lowest BCUT2D eigenvalue weighted by atomic mass is 9.77. The Morgan fingerprint density at radius 2 is 1.76 bits per heavy atom. The number of ether oxygens (including phenoxy) is 2. The molecule has 0 aliphatic heterocycles. The van der Waals surface area contributed by atoms with Crippen molar-refractivity contribution in [3.8, 4) is 0 Å². The molecule has 37 heavy (non-hydrogen) atoms. The van der Waals surface area contributed by atoms with Crippen LogP contribution in [0.25, 0.3) is 0 Å². The van der Waals surface area contributed by atoms with Gasteiger partial charge >= 0.3 is 11.9 Å². The average Bonchev–Trinajstić information content (AvgIpc) is 2.89. The summed E-state index contributed by atoms with van der Waals surface area (Å²) in [7, 11) is 0. The van der Waals surface area contributed by atoms with Crippen LogP contribution in [0.3, 0.4) is 0 Å². The molecule has 1 aromatic carbocycles. The predicted octanol–water partition coefficient (Wildman–Crippen LogP) is 6.91. The minimum absolute atomic E-state index is 0.000889. The number of carbonyl (C=O) groups excluding carboxylic acids is 2. The molecule has 1 fully saturated rings. The third-order valence-electron chi connectivity index (χ3n) is 7.60. The van der Waals surface area contributed by atoms with E-state index in [0.29, 0.717) is 30.7 Å². The Labute approximate surface area is 222 Å². The maximum absolute atomic E-state index is 15.2. The van der Waals surface area contributed by atoms with Crippen LogP contribution in [0.4, 0.5) is 4.39 Å². The maximum atomic E-state index is 15.2. The van der Waals surface area contributed by atoms with Crippen molar-refractivity contribution >= 4 is 11.9 Å². The molecule has 1 aromatic rings. The molecule has 1 aliphatic rings. The number of aliphatic hydroxyl groups is 1. The van der Waals surface area contributed by atoms with E-state index in [4.69, 9.17) is 14.6 Å². The molecule has 0 amide bonds. The Hall–Kier alpha value is -2.21. The summed E-state index contributed by atoms with van der Waals surface area (Å²) in [6, 6.07) is 5.67. The molecule has 208 valence electrons. The molecule has 0 saturated heterocycles. The third kappa shape index (κ3) is 11.0. The first-order chi connectivity index (χ1) is 17.7. The normalized spacial score (nSPS) is 18.4. The molecule has 5 nitrogen and oxygen atoms in total. The van der Waals surface area contributed by atoms with Crippen LogP contribution >= 0.6 is 0 Å². The molecule has 0 aromatic heterocycles. The molecule has 1 saturated carbocycles. The Bertz CT molecular complexity index is 857. The number of halogens is 1. The van der Waals surface area contributed by atoms with Gasteiger partial charge in [0.15, 0.2) is 0 Å². The largest absolute Gasteiger partial charge is 0.465 e. The molecule has 0 heterocycles. The molecule has 0 radical (unpaired) electrons. The summed E-state index contributed by atoms with van der Waals surface area (Å²) < 4.78 is 25.7. The smallest absolute Gasteiger partial charge is 0.335 e. The number of aliphatic hydroxyl groups excluding tert-OH is 1. The Morgan fingerprint density at radius 1 is 1.08 bits per heavy atom. The molecule has 6 heteroatoms. The van der Waals surface area contributed by atoms with Gasteiger partial charge in [-0.15, -0.1) is 0 Å². The van der Waals surface area contributed by atoms with E-state index < -0.39 is 12.6 Å². The predicted molar refractivity (Wildman–Crippen MR) is 145 cm³/mol. The minimum atomic E-state index is -0.636. The number of esters is 2. The zero-order valence-corrected chi connectivity index (χ0v) is 23.1. The van der Waals surface area contributed by atoms with E-state index in [2.05, 4.69) is 19.6 Å². The van der Waals surface area contributed by atoms with Gasteiger partial charge in [0.05, 0.1) is 31.3 Å². The number of unbranched alkanes of at least 4 members (excludes halogenated alkanes) is 2. The van der Waals surface area contributed by atoms with Crippen LogP contribution in [0.15, 0.2) is 30.4 Å². The number of carbonyl (C=O) groups is 2. The third-order valence-corrected chi connectivity index (χ3v) is 7.60. The van der Waals surface area contributed by atoms with Crippen LogP contribution in [-0.4, -0.2) is 36.9 Å². The molecule has 1 atom stereocenters. The van der Waals surface area contributed by atoms with E-state index >= 15 is 4.39 Å². The van der Waals surface area contributed by atoms with Crippen molar-refractivity contribution in [1.29, 1.82) is 0 Å². The highest BCUT2D eigenvalue weighted by molar-refractivity contribution is 5.87. The lowest BCUT2D eigenvalue weighted by Crippen LogP contribution is -2.18. The van der Waals surface area contributed by atoms with Crippen molar-refractivity contribution in [3.05, 3.63) is 47.3 Å².